The number of hydrogen-bond donors (Lipinski definition) is 2. The SMILES string of the molecule is CCN(C(=O)NC1CCS(=O)(=O)C1)C(C)(C)C(=O)O. The van der Waals surface area contributed by atoms with Crippen molar-refractivity contribution in [2.45, 2.75) is 38.8 Å². The number of carboxylic acids is 1. The number of carboxylic acid groups (broad SMARTS) is 1. The Bertz CT molecular complexity index is 471. The Labute approximate surface area is 112 Å². The second-order valence-corrected chi connectivity index (χ2v) is 7.39. The molecule has 1 fully saturated rings. The van der Waals surface area contributed by atoms with E-state index in [1.807, 2.05) is 0 Å². The fraction of sp³-hybridized carbons (Fsp3) is 0.818. The Morgan fingerprint density at radius 1 is 1.42 bits per heavy atom. The smallest absolute Gasteiger partial charge is 0.329 e. The van der Waals surface area contributed by atoms with Crippen LogP contribution in [0, 0.1) is 0 Å². The molecule has 2 amide bonds. The molecule has 1 unspecified atom stereocenters. The maximum Gasteiger partial charge on any atom is 0.329 e. The first-order chi connectivity index (χ1) is 8.60. The minimum absolute atomic E-state index is 0.0619. The highest BCUT2D eigenvalue weighted by Gasteiger charge is 2.38. The molecule has 0 aromatic heterocycles. The molecule has 2 N–H and O–H groups in total. The summed E-state index contributed by atoms with van der Waals surface area (Å²) >= 11 is 0. The number of carbonyl (C=O) groups excluding carboxylic acids is 1. The Morgan fingerprint density at radius 3 is 2.37 bits per heavy atom. The van der Waals surface area contributed by atoms with Gasteiger partial charge in [0, 0.05) is 12.6 Å². The van der Waals surface area contributed by atoms with Crippen molar-refractivity contribution in [1.82, 2.24) is 10.2 Å². The lowest BCUT2D eigenvalue weighted by molar-refractivity contribution is -0.147. The Kier molecular flexibility index (Phi) is 4.44. The molecule has 1 rings (SSSR count). The van der Waals surface area contributed by atoms with Crippen LogP contribution in [0.5, 0.6) is 0 Å². The largest absolute Gasteiger partial charge is 0.480 e. The minimum atomic E-state index is -3.07. The van der Waals surface area contributed by atoms with Gasteiger partial charge in [-0.3, -0.25) is 0 Å². The van der Waals surface area contributed by atoms with Gasteiger partial charge in [-0.15, -0.1) is 0 Å². The highest BCUT2D eigenvalue weighted by molar-refractivity contribution is 7.91. The molecule has 1 aliphatic rings. The zero-order valence-electron chi connectivity index (χ0n) is 11.3. The molecule has 0 saturated carbocycles. The molecule has 1 saturated heterocycles. The molecule has 0 bridgehead atoms. The summed E-state index contributed by atoms with van der Waals surface area (Å²) in [5.74, 6) is -1.13. The average Bonchev–Trinajstić information content (AvgIpc) is 2.58. The Balaban J connectivity index is 2.74. The van der Waals surface area contributed by atoms with Crippen molar-refractivity contribution in [3.8, 4) is 0 Å². The highest BCUT2D eigenvalue weighted by atomic mass is 32.2. The summed E-state index contributed by atoms with van der Waals surface area (Å²) in [4.78, 5) is 24.4. The normalized spacial score (nSPS) is 21.9. The minimum Gasteiger partial charge on any atom is -0.480 e. The van der Waals surface area contributed by atoms with Crippen LogP contribution in [0.1, 0.15) is 27.2 Å². The van der Waals surface area contributed by atoms with Gasteiger partial charge < -0.3 is 15.3 Å². The summed E-state index contributed by atoms with van der Waals surface area (Å²) in [5, 5.41) is 11.7. The van der Waals surface area contributed by atoms with Gasteiger partial charge >= 0.3 is 12.0 Å². The van der Waals surface area contributed by atoms with Crippen LogP contribution in [-0.2, 0) is 14.6 Å². The molecular weight excluding hydrogens is 272 g/mol. The van der Waals surface area contributed by atoms with E-state index in [4.69, 9.17) is 5.11 Å². The fourth-order valence-electron chi connectivity index (χ4n) is 2.07. The van der Waals surface area contributed by atoms with E-state index in [1.54, 1.807) is 6.92 Å². The van der Waals surface area contributed by atoms with E-state index in [9.17, 15) is 18.0 Å². The molecule has 0 spiro atoms. The number of urea groups is 1. The van der Waals surface area contributed by atoms with Gasteiger partial charge in [-0.1, -0.05) is 0 Å². The van der Waals surface area contributed by atoms with Gasteiger partial charge in [0.15, 0.2) is 9.84 Å². The third-order valence-electron chi connectivity index (χ3n) is 3.32. The maximum absolute atomic E-state index is 12.0. The lowest BCUT2D eigenvalue weighted by atomic mass is 10.0. The van der Waals surface area contributed by atoms with Crippen LogP contribution in [0.15, 0.2) is 0 Å². The zero-order valence-corrected chi connectivity index (χ0v) is 12.2. The van der Waals surface area contributed by atoms with Crippen LogP contribution in [-0.4, -0.2) is 60.1 Å². The summed E-state index contributed by atoms with van der Waals surface area (Å²) in [6, 6.07) is -0.979. The van der Waals surface area contributed by atoms with Crippen LogP contribution in [0.3, 0.4) is 0 Å². The molecule has 19 heavy (non-hydrogen) atoms. The third kappa shape index (κ3) is 3.59. The van der Waals surface area contributed by atoms with Crippen molar-refractivity contribution in [1.29, 1.82) is 0 Å². The second-order valence-electron chi connectivity index (χ2n) is 5.16. The number of nitrogens with one attached hydrogen (secondary N) is 1. The van der Waals surface area contributed by atoms with Gasteiger partial charge in [-0.25, -0.2) is 18.0 Å². The molecular formula is C11H20N2O5S. The molecule has 0 aromatic carbocycles. The molecule has 110 valence electrons. The van der Waals surface area contributed by atoms with E-state index in [0.29, 0.717) is 6.42 Å². The molecule has 7 nitrogen and oxygen atoms in total. The number of sulfone groups is 1. The fourth-order valence-corrected chi connectivity index (χ4v) is 3.74. The number of hydrogen-bond acceptors (Lipinski definition) is 4. The van der Waals surface area contributed by atoms with Crippen molar-refractivity contribution in [3.63, 3.8) is 0 Å². The van der Waals surface area contributed by atoms with Gasteiger partial charge in [0.05, 0.1) is 11.5 Å². The lowest BCUT2D eigenvalue weighted by Gasteiger charge is -2.34. The van der Waals surface area contributed by atoms with Crippen molar-refractivity contribution >= 4 is 21.8 Å². The summed E-state index contributed by atoms with van der Waals surface area (Å²) in [7, 11) is -3.07. The molecule has 0 aliphatic carbocycles. The van der Waals surface area contributed by atoms with Crippen molar-refractivity contribution in [2.75, 3.05) is 18.1 Å². The number of carbonyl (C=O) groups is 2. The molecule has 1 atom stereocenters. The molecule has 8 heteroatoms. The number of likely N-dealkylation sites (N-methyl/N-ethyl adjacent to an activating group) is 1. The van der Waals surface area contributed by atoms with E-state index in [-0.39, 0.29) is 18.1 Å². The van der Waals surface area contributed by atoms with Crippen LogP contribution >= 0.6 is 0 Å². The van der Waals surface area contributed by atoms with Crippen molar-refractivity contribution in [3.05, 3.63) is 0 Å². The zero-order chi connectivity index (χ0) is 14.8. The van der Waals surface area contributed by atoms with Crippen molar-refractivity contribution < 1.29 is 23.1 Å². The number of rotatable bonds is 4. The van der Waals surface area contributed by atoms with E-state index in [1.165, 1.54) is 18.7 Å². The van der Waals surface area contributed by atoms with E-state index in [0.717, 1.165) is 0 Å². The van der Waals surface area contributed by atoms with Crippen LogP contribution in [0.4, 0.5) is 4.79 Å². The monoisotopic (exact) mass is 292 g/mol. The third-order valence-corrected chi connectivity index (χ3v) is 5.09. The number of amides is 2. The summed E-state index contributed by atoms with van der Waals surface area (Å²) in [6.45, 7) is 4.77. The maximum atomic E-state index is 12.0. The Hall–Kier alpha value is -1.31. The molecule has 0 aromatic rings. The van der Waals surface area contributed by atoms with E-state index >= 15 is 0 Å². The van der Waals surface area contributed by atoms with Gasteiger partial charge in [-0.05, 0) is 27.2 Å². The molecule has 1 aliphatic heterocycles. The van der Waals surface area contributed by atoms with Gasteiger partial charge in [0.1, 0.15) is 5.54 Å². The summed E-state index contributed by atoms with van der Waals surface area (Å²) in [6.07, 6.45) is 0.374. The first-order valence-electron chi connectivity index (χ1n) is 6.12. The number of aliphatic carboxylic acids is 1. The summed E-state index contributed by atoms with van der Waals surface area (Å²) < 4.78 is 22.6. The quantitative estimate of drug-likeness (QED) is 0.763. The second kappa shape index (κ2) is 5.36. The highest BCUT2D eigenvalue weighted by Crippen LogP contribution is 2.17. The average molecular weight is 292 g/mol. The Morgan fingerprint density at radius 2 is 2.00 bits per heavy atom. The van der Waals surface area contributed by atoms with Crippen LogP contribution in [0.25, 0.3) is 0 Å². The molecule has 1 heterocycles. The standard InChI is InChI=1S/C11H20N2O5S/c1-4-13(11(2,3)9(14)15)10(16)12-8-5-6-19(17,18)7-8/h8H,4-7H2,1-3H3,(H,12,16)(H,14,15). The van der Waals surface area contributed by atoms with Crippen molar-refractivity contribution in [2.24, 2.45) is 0 Å². The molecule has 0 radical (unpaired) electrons. The summed E-state index contributed by atoms with van der Waals surface area (Å²) in [5.41, 5.74) is -1.34. The first kappa shape index (κ1) is 15.7. The van der Waals surface area contributed by atoms with Gasteiger partial charge in [-0.2, -0.15) is 0 Å². The van der Waals surface area contributed by atoms with Gasteiger partial charge in [0.25, 0.3) is 0 Å². The van der Waals surface area contributed by atoms with Gasteiger partial charge in [0.2, 0.25) is 0 Å². The predicted octanol–water partition coefficient (Wildman–Crippen LogP) is 0.0682. The topological polar surface area (TPSA) is 104 Å². The number of nitrogens with zero attached hydrogens (tertiary/aromatic N) is 1. The van der Waals surface area contributed by atoms with E-state index < -0.39 is 33.4 Å². The van der Waals surface area contributed by atoms with Crippen LogP contribution in [0.2, 0.25) is 0 Å². The lowest BCUT2D eigenvalue weighted by Crippen LogP contribution is -2.57. The predicted molar refractivity (Wildman–Crippen MR) is 69.7 cm³/mol. The van der Waals surface area contributed by atoms with E-state index in [2.05, 4.69) is 5.32 Å². The van der Waals surface area contributed by atoms with Crippen LogP contribution < -0.4 is 5.32 Å². The first-order valence-corrected chi connectivity index (χ1v) is 7.94.